The number of nitrogens with two attached hydrogens (primary N) is 1. The fourth-order valence-electron chi connectivity index (χ4n) is 2.06. The van der Waals surface area contributed by atoms with Crippen LogP contribution in [0.1, 0.15) is 18.3 Å². The van der Waals surface area contributed by atoms with E-state index in [1.165, 1.54) is 0 Å². The molecule has 2 aromatic rings. The molecule has 2 rings (SSSR count). The van der Waals surface area contributed by atoms with Gasteiger partial charge < -0.3 is 19.8 Å². The summed E-state index contributed by atoms with van der Waals surface area (Å²) in [5.41, 5.74) is 7.55. The number of hydrogen-bond donors (Lipinski definition) is 1. The van der Waals surface area contributed by atoms with Crippen LogP contribution < -0.4 is 15.2 Å². The highest BCUT2D eigenvalue weighted by molar-refractivity contribution is 5.42. The number of pyridine rings is 1. The number of aromatic nitrogens is 3. The van der Waals surface area contributed by atoms with Crippen molar-refractivity contribution in [3.05, 3.63) is 36.2 Å². The molecule has 2 aromatic heterocycles. The molecule has 0 bridgehead atoms. The van der Waals surface area contributed by atoms with Crippen LogP contribution in [0.5, 0.6) is 11.5 Å². The van der Waals surface area contributed by atoms with Gasteiger partial charge in [0.05, 0.1) is 32.8 Å². The Bertz CT molecular complexity index is 566. The summed E-state index contributed by atoms with van der Waals surface area (Å²) in [6.45, 7) is 2.54. The van der Waals surface area contributed by atoms with E-state index < -0.39 is 0 Å². The molecular weight excluding hydrogens is 256 g/mol. The third kappa shape index (κ3) is 3.27. The Balaban J connectivity index is 2.19. The number of ether oxygens (including phenoxy) is 2. The lowest BCUT2D eigenvalue weighted by Crippen LogP contribution is -2.17. The van der Waals surface area contributed by atoms with Crippen LogP contribution in [0.4, 0.5) is 0 Å². The maximum atomic E-state index is 5.77. The van der Waals surface area contributed by atoms with Crippen molar-refractivity contribution in [1.82, 2.24) is 14.5 Å². The van der Waals surface area contributed by atoms with Gasteiger partial charge in [-0.1, -0.05) is 0 Å². The van der Waals surface area contributed by atoms with E-state index >= 15 is 0 Å². The first-order valence-electron chi connectivity index (χ1n) is 6.46. The Hall–Kier alpha value is -2.08. The van der Waals surface area contributed by atoms with Gasteiger partial charge in [0.1, 0.15) is 5.69 Å². The number of hydrogen-bond acceptors (Lipinski definition) is 5. The van der Waals surface area contributed by atoms with Gasteiger partial charge >= 0.3 is 0 Å². The second kappa shape index (κ2) is 6.38. The van der Waals surface area contributed by atoms with E-state index in [0.29, 0.717) is 18.0 Å². The highest BCUT2D eigenvalue weighted by Crippen LogP contribution is 2.29. The van der Waals surface area contributed by atoms with Gasteiger partial charge in [-0.05, 0) is 6.92 Å². The lowest BCUT2D eigenvalue weighted by atomic mass is 10.2. The van der Waals surface area contributed by atoms with Crippen molar-refractivity contribution in [2.75, 3.05) is 14.2 Å². The Morgan fingerprint density at radius 1 is 1.30 bits per heavy atom. The average Bonchev–Trinajstić information content (AvgIpc) is 2.84. The summed E-state index contributed by atoms with van der Waals surface area (Å²) in [5, 5.41) is 0. The van der Waals surface area contributed by atoms with Gasteiger partial charge in [-0.3, -0.25) is 4.98 Å². The normalized spacial score (nSPS) is 12.2. The van der Waals surface area contributed by atoms with Crippen molar-refractivity contribution < 1.29 is 9.47 Å². The first-order chi connectivity index (χ1) is 9.63. The van der Waals surface area contributed by atoms with Crippen LogP contribution in [-0.4, -0.2) is 34.8 Å². The quantitative estimate of drug-likeness (QED) is 0.859. The van der Waals surface area contributed by atoms with E-state index in [4.69, 9.17) is 15.2 Å². The predicted octanol–water partition coefficient (Wildman–Crippen LogP) is 1.23. The van der Waals surface area contributed by atoms with Gasteiger partial charge in [0, 0.05) is 30.9 Å². The summed E-state index contributed by atoms with van der Waals surface area (Å²) in [4.78, 5) is 8.68. The lowest BCUT2D eigenvalue weighted by molar-refractivity contribution is 0.348. The van der Waals surface area contributed by atoms with E-state index in [-0.39, 0.29) is 6.04 Å². The van der Waals surface area contributed by atoms with Crippen LogP contribution in [0.25, 0.3) is 0 Å². The fraction of sp³-hybridized carbons (Fsp3) is 0.429. The molecule has 0 aliphatic carbocycles. The van der Waals surface area contributed by atoms with Crippen molar-refractivity contribution in [1.29, 1.82) is 0 Å². The third-order valence-corrected chi connectivity index (χ3v) is 2.92. The molecule has 0 spiro atoms. The molecule has 0 aliphatic heterocycles. The summed E-state index contributed by atoms with van der Waals surface area (Å²) in [5.74, 6) is 1.32. The molecule has 1 unspecified atom stereocenters. The van der Waals surface area contributed by atoms with E-state index in [9.17, 15) is 0 Å². The Morgan fingerprint density at radius 3 is 2.75 bits per heavy atom. The van der Waals surface area contributed by atoms with Crippen molar-refractivity contribution >= 4 is 0 Å². The predicted molar refractivity (Wildman–Crippen MR) is 76.0 cm³/mol. The zero-order valence-electron chi connectivity index (χ0n) is 12.0. The zero-order valence-corrected chi connectivity index (χ0v) is 12.0. The molecule has 6 heteroatoms. The van der Waals surface area contributed by atoms with Crippen LogP contribution in [0.2, 0.25) is 0 Å². The second-order valence-electron chi connectivity index (χ2n) is 4.71. The molecular formula is C14H20N4O2. The van der Waals surface area contributed by atoms with Gasteiger partial charge in [0.15, 0.2) is 11.5 Å². The fourth-order valence-corrected chi connectivity index (χ4v) is 2.06. The summed E-state index contributed by atoms with van der Waals surface area (Å²) in [7, 11) is 3.22. The minimum absolute atomic E-state index is 0.0998. The topological polar surface area (TPSA) is 75.2 Å². The Kier molecular flexibility index (Phi) is 4.57. The minimum atomic E-state index is 0.0998. The van der Waals surface area contributed by atoms with Crippen LogP contribution >= 0.6 is 0 Å². The molecule has 108 valence electrons. The monoisotopic (exact) mass is 276 g/mol. The number of rotatable bonds is 6. The maximum Gasteiger partial charge on any atom is 0.184 e. The van der Waals surface area contributed by atoms with Crippen molar-refractivity contribution in [2.24, 2.45) is 5.73 Å². The van der Waals surface area contributed by atoms with Crippen LogP contribution in [0, 0.1) is 0 Å². The molecule has 0 aliphatic rings. The standard InChI is InChI=1S/C14H20N4O2/c1-10(15)6-11-7-18(9-17-11)8-12-14(20-3)13(19-2)4-5-16-12/h4-5,7,9-10H,6,8,15H2,1-3H3. The van der Waals surface area contributed by atoms with Gasteiger partial charge in [0.2, 0.25) is 0 Å². The smallest absolute Gasteiger partial charge is 0.184 e. The number of imidazole rings is 1. The zero-order chi connectivity index (χ0) is 14.5. The molecule has 0 fully saturated rings. The molecule has 0 radical (unpaired) electrons. The molecule has 1 atom stereocenters. The van der Waals surface area contributed by atoms with E-state index in [1.54, 1.807) is 32.8 Å². The average molecular weight is 276 g/mol. The van der Waals surface area contributed by atoms with Crippen molar-refractivity contribution in [3.63, 3.8) is 0 Å². The van der Waals surface area contributed by atoms with Crippen molar-refractivity contribution in [3.8, 4) is 11.5 Å². The number of nitrogens with zero attached hydrogens (tertiary/aromatic N) is 3. The van der Waals surface area contributed by atoms with E-state index in [1.807, 2.05) is 17.7 Å². The Labute approximate surface area is 118 Å². The van der Waals surface area contributed by atoms with Gasteiger partial charge in [-0.15, -0.1) is 0 Å². The summed E-state index contributed by atoms with van der Waals surface area (Å²) >= 11 is 0. The minimum Gasteiger partial charge on any atom is -0.493 e. The molecule has 0 saturated carbocycles. The molecule has 6 nitrogen and oxygen atoms in total. The second-order valence-corrected chi connectivity index (χ2v) is 4.71. The molecule has 2 N–H and O–H groups in total. The summed E-state index contributed by atoms with van der Waals surface area (Å²) in [6, 6.07) is 1.88. The first-order valence-corrected chi connectivity index (χ1v) is 6.46. The van der Waals surface area contributed by atoms with Crippen LogP contribution in [0.3, 0.4) is 0 Å². The van der Waals surface area contributed by atoms with Crippen LogP contribution in [-0.2, 0) is 13.0 Å². The third-order valence-electron chi connectivity index (χ3n) is 2.92. The molecule has 20 heavy (non-hydrogen) atoms. The summed E-state index contributed by atoms with van der Waals surface area (Å²) < 4.78 is 12.6. The van der Waals surface area contributed by atoms with E-state index in [2.05, 4.69) is 9.97 Å². The van der Waals surface area contributed by atoms with Gasteiger partial charge in [-0.25, -0.2) is 4.98 Å². The van der Waals surface area contributed by atoms with Gasteiger partial charge in [-0.2, -0.15) is 0 Å². The highest BCUT2D eigenvalue weighted by Gasteiger charge is 2.12. The lowest BCUT2D eigenvalue weighted by Gasteiger charge is -2.11. The highest BCUT2D eigenvalue weighted by atomic mass is 16.5. The summed E-state index contributed by atoms with van der Waals surface area (Å²) in [6.07, 6.45) is 6.22. The van der Waals surface area contributed by atoms with Crippen LogP contribution in [0.15, 0.2) is 24.8 Å². The molecule has 0 saturated heterocycles. The molecule has 0 aromatic carbocycles. The SMILES string of the molecule is COc1ccnc(Cn2cnc(CC(C)N)c2)c1OC. The maximum absolute atomic E-state index is 5.77. The van der Waals surface area contributed by atoms with E-state index in [0.717, 1.165) is 17.8 Å². The Morgan fingerprint density at radius 2 is 2.10 bits per heavy atom. The largest absolute Gasteiger partial charge is 0.493 e. The molecule has 0 amide bonds. The molecule has 2 heterocycles. The number of methoxy groups -OCH3 is 2. The van der Waals surface area contributed by atoms with Gasteiger partial charge in [0.25, 0.3) is 0 Å². The first kappa shape index (κ1) is 14.3. The van der Waals surface area contributed by atoms with Crippen molar-refractivity contribution in [2.45, 2.75) is 25.9 Å².